The minimum absolute atomic E-state index is 0.0336. The van der Waals surface area contributed by atoms with Gasteiger partial charge in [0.2, 0.25) is 0 Å². The number of hydrogen-bond acceptors (Lipinski definition) is 2. The summed E-state index contributed by atoms with van der Waals surface area (Å²) in [6, 6.07) is 15.6. The van der Waals surface area contributed by atoms with Crippen LogP contribution in [0.15, 0.2) is 57.5 Å². The van der Waals surface area contributed by atoms with Crippen molar-refractivity contribution in [3.05, 3.63) is 68.6 Å². The predicted molar refractivity (Wildman–Crippen MR) is 85.2 cm³/mol. The Balaban J connectivity index is 2.22. The Morgan fingerprint density at radius 3 is 1.90 bits per heavy atom. The molecule has 2 N–H and O–H groups in total. The maximum atomic E-state index is 12.5. The largest absolute Gasteiger partial charge is 0.341 e. The number of benzene rings is 2. The molecule has 1 amide bonds. The quantitative estimate of drug-likeness (QED) is 0.820. The molecule has 1 saturated heterocycles. The van der Waals surface area contributed by atoms with Crippen molar-refractivity contribution in [2.45, 2.75) is 5.54 Å². The SMILES string of the molecule is O=C1NCNC1(c1cccc(Br)c1)c1cccc(Br)c1. The lowest BCUT2D eigenvalue weighted by Gasteiger charge is -2.28. The van der Waals surface area contributed by atoms with E-state index >= 15 is 0 Å². The first kappa shape index (κ1) is 13.8. The zero-order chi connectivity index (χ0) is 14.2. The van der Waals surface area contributed by atoms with Crippen molar-refractivity contribution >= 4 is 37.8 Å². The normalized spacial score (nSPS) is 17.0. The molecule has 0 aliphatic carbocycles. The van der Waals surface area contributed by atoms with Gasteiger partial charge in [-0.05, 0) is 35.4 Å². The van der Waals surface area contributed by atoms with E-state index in [9.17, 15) is 4.79 Å². The summed E-state index contributed by atoms with van der Waals surface area (Å²) in [6.45, 7) is 0.456. The molecule has 3 nitrogen and oxygen atoms in total. The van der Waals surface area contributed by atoms with Crippen molar-refractivity contribution in [1.29, 1.82) is 0 Å². The second-order valence-corrected chi connectivity index (χ2v) is 6.46. The van der Waals surface area contributed by atoms with Gasteiger partial charge in [0.05, 0.1) is 6.67 Å². The molecule has 1 fully saturated rings. The second kappa shape index (κ2) is 5.31. The highest BCUT2D eigenvalue weighted by atomic mass is 79.9. The number of amides is 1. The molecule has 1 aliphatic heterocycles. The van der Waals surface area contributed by atoms with Crippen LogP contribution >= 0.6 is 31.9 Å². The fourth-order valence-corrected chi connectivity index (χ4v) is 3.34. The standard InChI is InChI=1S/C15H12Br2N2O/c16-12-5-1-3-10(7-12)15(14(20)18-9-19-15)11-4-2-6-13(17)8-11/h1-8,19H,9H2,(H,18,20). The fourth-order valence-electron chi connectivity index (χ4n) is 2.55. The summed E-state index contributed by atoms with van der Waals surface area (Å²) in [5.41, 5.74) is 0.994. The Hall–Kier alpha value is -1.17. The molecule has 2 aromatic carbocycles. The molecule has 20 heavy (non-hydrogen) atoms. The predicted octanol–water partition coefficient (Wildman–Crippen LogP) is 3.13. The third-order valence-electron chi connectivity index (χ3n) is 3.46. The summed E-state index contributed by atoms with van der Waals surface area (Å²) in [5.74, 6) is -0.0336. The topological polar surface area (TPSA) is 41.1 Å². The van der Waals surface area contributed by atoms with Gasteiger partial charge in [-0.3, -0.25) is 10.1 Å². The average molecular weight is 396 g/mol. The summed E-state index contributed by atoms with van der Waals surface area (Å²) in [4.78, 5) is 12.5. The maximum Gasteiger partial charge on any atom is 0.250 e. The molecule has 1 heterocycles. The summed E-state index contributed by atoms with van der Waals surface area (Å²) in [7, 11) is 0. The van der Waals surface area contributed by atoms with Crippen LogP contribution in [0.5, 0.6) is 0 Å². The van der Waals surface area contributed by atoms with Crippen LogP contribution in [0.4, 0.5) is 0 Å². The minimum Gasteiger partial charge on any atom is -0.341 e. The lowest BCUT2D eigenvalue weighted by Crippen LogP contribution is -2.44. The zero-order valence-corrected chi connectivity index (χ0v) is 13.7. The molecular formula is C15H12Br2N2O. The Kier molecular flexibility index (Phi) is 3.67. The van der Waals surface area contributed by atoms with E-state index in [1.54, 1.807) is 0 Å². The van der Waals surface area contributed by atoms with E-state index in [1.165, 1.54) is 0 Å². The number of carbonyl (C=O) groups excluding carboxylic acids is 1. The van der Waals surface area contributed by atoms with Crippen LogP contribution in [0.1, 0.15) is 11.1 Å². The van der Waals surface area contributed by atoms with E-state index in [4.69, 9.17) is 0 Å². The van der Waals surface area contributed by atoms with Gasteiger partial charge in [-0.1, -0.05) is 56.1 Å². The van der Waals surface area contributed by atoms with Crippen molar-refractivity contribution in [1.82, 2.24) is 10.6 Å². The third kappa shape index (κ3) is 2.20. The molecular weight excluding hydrogens is 384 g/mol. The van der Waals surface area contributed by atoms with Crippen LogP contribution in [0, 0.1) is 0 Å². The van der Waals surface area contributed by atoms with E-state index < -0.39 is 5.54 Å². The van der Waals surface area contributed by atoms with Crippen LogP contribution < -0.4 is 10.6 Å². The van der Waals surface area contributed by atoms with Gasteiger partial charge in [0.1, 0.15) is 0 Å². The number of carbonyl (C=O) groups is 1. The zero-order valence-electron chi connectivity index (χ0n) is 10.5. The van der Waals surface area contributed by atoms with Crippen molar-refractivity contribution in [3.63, 3.8) is 0 Å². The molecule has 3 rings (SSSR count). The van der Waals surface area contributed by atoms with Crippen molar-refractivity contribution < 1.29 is 4.79 Å². The van der Waals surface area contributed by atoms with E-state index in [0.717, 1.165) is 20.1 Å². The Labute approximate surface area is 134 Å². The van der Waals surface area contributed by atoms with Crippen LogP contribution in [0.2, 0.25) is 0 Å². The van der Waals surface area contributed by atoms with Crippen LogP contribution in [0.3, 0.4) is 0 Å². The van der Waals surface area contributed by atoms with Gasteiger partial charge in [-0.2, -0.15) is 0 Å². The van der Waals surface area contributed by atoms with Crippen LogP contribution in [0.25, 0.3) is 0 Å². The molecule has 0 bridgehead atoms. The molecule has 1 aliphatic rings. The van der Waals surface area contributed by atoms with Gasteiger partial charge in [0.15, 0.2) is 5.54 Å². The molecule has 0 unspecified atom stereocenters. The molecule has 102 valence electrons. The minimum atomic E-state index is -0.840. The van der Waals surface area contributed by atoms with E-state index in [0.29, 0.717) is 6.67 Å². The molecule has 0 radical (unpaired) electrons. The average Bonchev–Trinajstić information content (AvgIpc) is 2.81. The van der Waals surface area contributed by atoms with Crippen molar-refractivity contribution in [3.8, 4) is 0 Å². The molecule has 0 aromatic heterocycles. The summed E-state index contributed by atoms with van der Waals surface area (Å²) >= 11 is 6.94. The summed E-state index contributed by atoms with van der Waals surface area (Å²) in [5, 5.41) is 6.17. The van der Waals surface area contributed by atoms with E-state index in [2.05, 4.69) is 42.5 Å². The lowest BCUT2D eigenvalue weighted by atomic mass is 9.83. The fraction of sp³-hybridized carbons (Fsp3) is 0.133. The molecule has 5 heteroatoms. The number of nitrogens with one attached hydrogen (secondary N) is 2. The first-order chi connectivity index (χ1) is 9.63. The van der Waals surface area contributed by atoms with Gasteiger partial charge in [0, 0.05) is 8.95 Å². The van der Waals surface area contributed by atoms with E-state index in [1.807, 2.05) is 48.5 Å². The second-order valence-electron chi connectivity index (χ2n) is 4.63. The van der Waals surface area contributed by atoms with Gasteiger partial charge < -0.3 is 5.32 Å². The van der Waals surface area contributed by atoms with Gasteiger partial charge in [-0.25, -0.2) is 0 Å². The lowest BCUT2D eigenvalue weighted by molar-refractivity contribution is -0.123. The van der Waals surface area contributed by atoms with Crippen LogP contribution in [-0.2, 0) is 10.3 Å². The highest BCUT2D eigenvalue weighted by molar-refractivity contribution is 9.10. The molecule has 0 atom stereocenters. The Morgan fingerprint density at radius 2 is 1.50 bits per heavy atom. The molecule has 2 aromatic rings. The van der Waals surface area contributed by atoms with Crippen LogP contribution in [-0.4, -0.2) is 12.6 Å². The first-order valence-corrected chi connectivity index (χ1v) is 7.77. The molecule has 0 saturated carbocycles. The number of hydrogen-bond donors (Lipinski definition) is 2. The first-order valence-electron chi connectivity index (χ1n) is 6.18. The number of rotatable bonds is 2. The highest BCUT2D eigenvalue weighted by Crippen LogP contribution is 2.34. The van der Waals surface area contributed by atoms with Crippen molar-refractivity contribution in [2.24, 2.45) is 0 Å². The summed E-state index contributed by atoms with van der Waals surface area (Å²) in [6.07, 6.45) is 0. The third-order valence-corrected chi connectivity index (χ3v) is 4.44. The number of halogens is 2. The highest BCUT2D eigenvalue weighted by Gasteiger charge is 2.45. The van der Waals surface area contributed by atoms with E-state index in [-0.39, 0.29) is 5.91 Å². The van der Waals surface area contributed by atoms with Gasteiger partial charge >= 0.3 is 0 Å². The summed E-state index contributed by atoms with van der Waals surface area (Å²) < 4.78 is 1.90. The van der Waals surface area contributed by atoms with Gasteiger partial charge in [-0.15, -0.1) is 0 Å². The smallest absolute Gasteiger partial charge is 0.250 e. The Bertz CT molecular complexity index is 627. The van der Waals surface area contributed by atoms with Crippen molar-refractivity contribution in [2.75, 3.05) is 6.67 Å². The Morgan fingerprint density at radius 1 is 0.950 bits per heavy atom. The maximum absolute atomic E-state index is 12.5. The monoisotopic (exact) mass is 394 g/mol. The molecule has 0 spiro atoms. The van der Waals surface area contributed by atoms with Gasteiger partial charge in [0.25, 0.3) is 5.91 Å².